The number of aromatic nitrogens is 1. The van der Waals surface area contributed by atoms with E-state index in [9.17, 15) is 14.4 Å². The van der Waals surface area contributed by atoms with Gasteiger partial charge in [0.25, 0.3) is 11.8 Å². The summed E-state index contributed by atoms with van der Waals surface area (Å²) in [5.74, 6) is 0.0396. The molecule has 3 rings (SSSR count). The molecule has 2 fully saturated rings. The van der Waals surface area contributed by atoms with E-state index in [1.165, 1.54) is 4.90 Å². The number of urea groups is 1. The van der Waals surface area contributed by atoms with Gasteiger partial charge >= 0.3 is 6.03 Å². The normalized spacial score (nSPS) is 18.7. The first-order valence-corrected chi connectivity index (χ1v) is 10.2. The van der Waals surface area contributed by atoms with Crippen molar-refractivity contribution in [2.75, 3.05) is 26.2 Å². The van der Waals surface area contributed by atoms with Crippen molar-refractivity contribution in [3.05, 3.63) is 41.7 Å². The van der Waals surface area contributed by atoms with Gasteiger partial charge in [-0.15, -0.1) is 0 Å². The summed E-state index contributed by atoms with van der Waals surface area (Å²) in [6, 6.07) is 3.27. The monoisotopic (exact) mass is 398 g/mol. The molecule has 0 bridgehead atoms. The van der Waals surface area contributed by atoms with Crippen molar-refractivity contribution in [3.63, 3.8) is 0 Å². The zero-order valence-corrected chi connectivity index (χ0v) is 17.7. The Kier molecular flexibility index (Phi) is 6.05. The van der Waals surface area contributed by atoms with E-state index in [-0.39, 0.29) is 23.8 Å². The molecule has 156 valence electrons. The van der Waals surface area contributed by atoms with E-state index in [1.54, 1.807) is 34.3 Å². The van der Waals surface area contributed by atoms with Crippen LogP contribution in [0.2, 0.25) is 0 Å². The van der Waals surface area contributed by atoms with Gasteiger partial charge in [0.2, 0.25) is 0 Å². The van der Waals surface area contributed by atoms with E-state index in [1.807, 2.05) is 33.8 Å². The smallest absolute Gasteiger partial charge is 0.327 e. The summed E-state index contributed by atoms with van der Waals surface area (Å²) in [4.78, 5) is 48.1. The minimum absolute atomic E-state index is 0.0819. The van der Waals surface area contributed by atoms with Gasteiger partial charge in [-0.3, -0.25) is 19.5 Å². The van der Waals surface area contributed by atoms with E-state index in [0.29, 0.717) is 44.6 Å². The second kappa shape index (κ2) is 8.35. The Morgan fingerprint density at radius 3 is 2.48 bits per heavy atom. The molecular formula is C22H30N4O3. The molecule has 0 aromatic carbocycles. The van der Waals surface area contributed by atoms with Crippen LogP contribution in [0.3, 0.4) is 0 Å². The molecule has 2 saturated heterocycles. The first-order valence-electron chi connectivity index (χ1n) is 10.2. The number of hydrogen-bond donors (Lipinski definition) is 0. The fourth-order valence-corrected chi connectivity index (χ4v) is 4.07. The van der Waals surface area contributed by atoms with E-state index >= 15 is 0 Å². The molecule has 1 aromatic rings. The molecule has 2 aliphatic rings. The molecule has 0 atom stereocenters. The van der Waals surface area contributed by atoms with Gasteiger partial charge in [0.1, 0.15) is 5.54 Å². The second-order valence-corrected chi connectivity index (χ2v) is 8.55. The summed E-state index contributed by atoms with van der Waals surface area (Å²) >= 11 is 0. The number of hydrogen-bond acceptors (Lipinski definition) is 4. The van der Waals surface area contributed by atoms with E-state index in [2.05, 4.69) is 4.98 Å². The molecule has 0 aliphatic carbocycles. The average molecular weight is 399 g/mol. The number of rotatable bonds is 5. The standard InChI is InChI=1S/C22H30N4O3/c1-16(2)7-11-25-20(28)22(26(21(25)29)15-17(3)4)8-12-24(13-9-22)19(27)18-6-5-10-23-14-18/h5-7,10,14,17H,8-9,11-13,15H2,1-4H3. The van der Waals surface area contributed by atoms with Crippen LogP contribution in [0.5, 0.6) is 0 Å². The van der Waals surface area contributed by atoms with Gasteiger partial charge in [0, 0.05) is 38.6 Å². The minimum atomic E-state index is -0.845. The number of nitrogens with zero attached hydrogens (tertiary/aromatic N) is 4. The van der Waals surface area contributed by atoms with Crippen LogP contribution >= 0.6 is 0 Å². The van der Waals surface area contributed by atoms with Crippen LogP contribution in [0.25, 0.3) is 0 Å². The average Bonchev–Trinajstić information content (AvgIpc) is 2.88. The first kappa shape index (κ1) is 21.0. The van der Waals surface area contributed by atoms with Gasteiger partial charge < -0.3 is 9.80 Å². The molecule has 4 amide bonds. The fourth-order valence-electron chi connectivity index (χ4n) is 4.07. The van der Waals surface area contributed by atoms with Crippen molar-refractivity contribution < 1.29 is 14.4 Å². The third-order valence-electron chi connectivity index (χ3n) is 5.64. The molecule has 1 aromatic heterocycles. The Morgan fingerprint density at radius 2 is 1.93 bits per heavy atom. The lowest BCUT2D eigenvalue weighted by Gasteiger charge is -2.42. The third-order valence-corrected chi connectivity index (χ3v) is 5.64. The molecule has 0 unspecified atom stereocenters. The highest BCUT2D eigenvalue weighted by molar-refractivity contribution is 6.07. The third kappa shape index (κ3) is 4.04. The summed E-state index contributed by atoms with van der Waals surface area (Å²) in [6.45, 7) is 9.72. The van der Waals surface area contributed by atoms with Crippen LogP contribution in [0, 0.1) is 5.92 Å². The highest BCUT2D eigenvalue weighted by atomic mass is 16.2. The maximum atomic E-state index is 13.4. The Morgan fingerprint density at radius 1 is 1.24 bits per heavy atom. The number of allylic oxidation sites excluding steroid dienone is 1. The molecule has 29 heavy (non-hydrogen) atoms. The molecular weight excluding hydrogens is 368 g/mol. The van der Waals surface area contributed by atoms with Gasteiger partial charge in [-0.1, -0.05) is 25.5 Å². The van der Waals surface area contributed by atoms with Crippen molar-refractivity contribution in [2.45, 2.75) is 46.1 Å². The molecule has 1 spiro atoms. The number of amides is 4. The van der Waals surface area contributed by atoms with Crippen LogP contribution in [0.4, 0.5) is 4.79 Å². The van der Waals surface area contributed by atoms with Gasteiger partial charge in [0.05, 0.1) is 5.56 Å². The maximum Gasteiger partial charge on any atom is 0.327 e. The lowest BCUT2D eigenvalue weighted by atomic mass is 9.85. The van der Waals surface area contributed by atoms with Gasteiger partial charge in [0.15, 0.2) is 0 Å². The van der Waals surface area contributed by atoms with Gasteiger partial charge in [-0.25, -0.2) is 4.79 Å². The summed E-state index contributed by atoms with van der Waals surface area (Å²) < 4.78 is 0. The number of carbonyl (C=O) groups is 3. The van der Waals surface area contributed by atoms with Crippen molar-refractivity contribution in [2.24, 2.45) is 5.92 Å². The van der Waals surface area contributed by atoms with E-state index < -0.39 is 5.54 Å². The molecule has 7 heteroatoms. The topological polar surface area (TPSA) is 73.8 Å². The van der Waals surface area contributed by atoms with Crippen molar-refractivity contribution >= 4 is 17.8 Å². The molecule has 0 N–H and O–H groups in total. The predicted octanol–water partition coefficient (Wildman–Crippen LogP) is 2.94. The second-order valence-electron chi connectivity index (χ2n) is 8.55. The first-order chi connectivity index (χ1) is 13.8. The summed E-state index contributed by atoms with van der Waals surface area (Å²) in [6.07, 6.45) is 6.02. The van der Waals surface area contributed by atoms with Crippen LogP contribution in [0.15, 0.2) is 36.2 Å². The Hall–Kier alpha value is -2.70. The van der Waals surface area contributed by atoms with Crippen molar-refractivity contribution in [3.8, 4) is 0 Å². The van der Waals surface area contributed by atoms with Crippen molar-refractivity contribution in [1.29, 1.82) is 0 Å². The molecule has 7 nitrogen and oxygen atoms in total. The van der Waals surface area contributed by atoms with Crippen LogP contribution in [0.1, 0.15) is 50.9 Å². The zero-order valence-electron chi connectivity index (χ0n) is 17.7. The maximum absolute atomic E-state index is 13.4. The number of imide groups is 1. The molecule has 0 saturated carbocycles. The number of pyridine rings is 1. The van der Waals surface area contributed by atoms with Gasteiger partial charge in [-0.05, 0) is 44.7 Å². The number of carbonyl (C=O) groups excluding carboxylic acids is 3. The minimum Gasteiger partial charge on any atom is -0.338 e. The van der Waals surface area contributed by atoms with Gasteiger partial charge in [-0.2, -0.15) is 0 Å². The summed E-state index contributed by atoms with van der Waals surface area (Å²) in [7, 11) is 0. The zero-order chi connectivity index (χ0) is 21.2. The highest BCUT2D eigenvalue weighted by Crippen LogP contribution is 2.38. The predicted molar refractivity (Wildman–Crippen MR) is 110 cm³/mol. The Balaban J connectivity index is 1.81. The molecule has 0 radical (unpaired) electrons. The largest absolute Gasteiger partial charge is 0.338 e. The Bertz CT molecular complexity index is 807. The highest BCUT2D eigenvalue weighted by Gasteiger charge is 2.57. The quantitative estimate of drug-likeness (QED) is 0.565. The SMILES string of the molecule is CC(C)=CCN1C(=O)N(CC(C)C)C2(CCN(C(=O)c3cccnc3)CC2)C1=O. The Labute approximate surface area is 172 Å². The molecule has 3 heterocycles. The lowest BCUT2D eigenvalue weighted by molar-refractivity contribution is -0.135. The molecule has 2 aliphatic heterocycles. The lowest BCUT2D eigenvalue weighted by Crippen LogP contribution is -2.58. The van der Waals surface area contributed by atoms with Crippen molar-refractivity contribution in [1.82, 2.24) is 19.7 Å². The summed E-state index contributed by atoms with van der Waals surface area (Å²) in [5.41, 5.74) is 0.767. The number of likely N-dealkylation sites (tertiary alicyclic amines) is 1. The van der Waals surface area contributed by atoms with E-state index in [4.69, 9.17) is 0 Å². The van der Waals surface area contributed by atoms with E-state index in [0.717, 1.165) is 5.57 Å². The summed E-state index contributed by atoms with van der Waals surface area (Å²) in [5, 5.41) is 0. The van der Waals surface area contributed by atoms with Crippen LogP contribution < -0.4 is 0 Å². The number of piperidine rings is 1. The van der Waals surface area contributed by atoms with Crippen LogP contribution in [-0.4, -0.2) is 69.2 Å². The van der Waals surface area contributed by atoms with Crippen LogP contribution in [-0.2, 0) is 4.79 Å². The fraction of sp³-hybridized carbons (Fsp3) is 0.545.